The van der Waals surface area contributed by atoms with Crippen molar-refractivity contribution in [3.05, 3.63) is 0 Å². The van der Waals surface area contributed by atoms with E-state index in [1.54, 1.807) is 6.92 Å². The molecule has 16 heavy (non-hydrogen) atoms. The predicted octanol–water partition coefficient (Wildman–Crippen LogP) is 0.148. The van der Waals surface area contributed by atoms with Crippen LogP contribution in [0.25, 0.3) is 0 Å². The van der Waals surface area contributed by atoms with Crippen molar-refractivity contribution < 1.29 is 23.1 Å². The van der Waals surface area contributed by atoms with E-state index >= 15 is 0 Å². The summed E-state index contributed by atoms with van der Waals surface area (Å²) < 4.78 is 29.3. The summed E-state index contributed by atoms with van der Waals surface area (Å²) >= 11 is 0. The van der Waals surface area contributed by atoms with Crippen LogP contribution in [0.1, 0.15) is 20.8 Å². The fraction of sp³-hybridized carbons (Fsp3) is 0.889. The molecule has 0 spiro atoms. The molecule has 0 amide bonds. The molecule has 0 bridgehead atoms. The Balaban J connectivity index is 4.70. The Morgan fingerprint density at radius 2 is 1.94 bits per heavy atom. The number of hydrogen-bond donors (Lipinski definition) is 1. The van der Waals surface area contributed by atoms with Crippen molar-refractivity contribution in [1.82, 2.24) is 4.31 Å². The van der Waals surface area contributed by atoms with Crippen LogP contribution in [0.4, 0.5) is 0 Å². The van der Waals surface area contributed by atoms with Gasteiger partial charge in [-0.3, -0.25) is 4.79 Å². The molecule has 0 aliphatic carbocycles. The molecule has 0 aromatic carbocycles. The number of carboxylic acids is 1. The van der Waals surface area contributed by atoms with Crippen LogP contribution in [0.2, 0.25) is 0 Å². The van der Waals surface area contributed by atoms with E-state index in [1.165, 1.54) is 20.9 Å². The van der Waals surface area contributed by atoms with Crippen LogP contribution in [0, 0.1) is 0 Å². The fourth-order valence-corrected chi connectivity index (χ4v) is 2.30. The van der Waals surface area contributed by atoms with Gasteiger partial charge >= 0.3 is 5.97 Å². The molecular weight excluding hydrogens is 234 g/mol. The van der Waals surface area contributed by atoms with Gasteiger partial charge < -0.3 is 9.84 Å². The molecule has 0 unspecified atom stereocenters. The van der Waals surface area contributed by atoms with Gasteiger partial charge in [0.2, 0.25) is 10.0 Å². The first-order valence-corrected chi connectivity index (χ1v) is 6.55. The first kappa shape index (κ1) is 15.3. The van der Waals surface area contributed by atoms with Gasteiger partial charge in [0.05, 0.1) is 12.4 Å². The molecule has 7 heteroatoms. The van der Waals surface area contributed by atoms with Crippen LogP contribution < -0.4 is 0 Å². The number of sulfonamides is 1. The summed E-state index contributed by atoms with van der Waals surface area (Å²) in [6, 6.07) is 0. The molecule has 0 heterocycles. The van der Waals surface area contributed by atoms with Gasteiger partial charge in [0.1, 0.15) is 5.54 Å². The number of carbonyl (C=O) groups is 1. The highest BCUT2D eigenvalue weighted by Gasteiger charge is 2.38. The van der Waals surface area contributed by atoms with Crippen LogP contribution in [-0.2, 0) is 19.6 Å². The number of hydrogen-bond acceptors (Lipinski definition) is 4. The highest BCUT2D eigenvalue weighted by atomic mass is 32.2. The first-order chi connectivity index (χ1) is 7.16. The third-order valence-electron chi connectivity index (χ3n) is 2.42. The summed E-state index contributed by atoms with van der Waals surface area (Å²) in [4.78, 5) is 10.9. The quantitative estimate of drug-likeness (QED) is 0.653. The summed E-state index contributed by atoms with van der Waals surface area (Å²) in [6.07, 6.45) is 0. The molecule has 0 aromatic heterocycles. The minimum absolute atomic E-state index is 0.0683. The van der Waals surface area contributed by atoms with Crippen molar-refractivity contribution in [3.63, 3.8) is 0 Å². The number of rotatable bonds is 7. The lowest BCUT2D eigenvalue weighted by molar-refractivity contribution is -0.145. The lowest BCUT2D eigenvalue weighted by Gasteiger charge is -2.30. The average molecular weight is 253 g/mol. The van der Waals surface area contributed by atoms with E-state index in [9.17, 15) is 13.2 Å². The molecule has 0 atom stereocenters. The van der Waals surface area contributed by atoms with Crippen molar-refractivity contribution >= 4 is 16.0 Å². The van der Waals surface area contributed by atoms with Crippen molar-refractivity contribution in [3.8, 4) is 0 Å². The predicted molar refractivity (Wildman–Crippen MR) is 59.8 cm³/mol. The van der Waals surface area contributed by atoms with Gasteiger partial charge in [-0.05, 0) is 20.8 Å². The molecule has 0 radical (unpaired) electrons. The van der Waals surface area contributed by atoms with Crippen LogP contribution in [0.15, 0.2) is 0 Å². The van der Waals surface area contributed by atoms with Gasteiger partial charge in [-0.2, -0.15) is 4.31 Å². The number of likely N-dealkylation sites (N-methyl/N-ethyl adjacent to an activating group) is 1. The van der Waals surface area contributed by atoms with Crippen LogP contribution in [0.3, 0.4) is 0 Å². The van der Waals surface area contributed by atoms with Gasteiger partial charge in [0.15, 0.2) is 0 Å². The van der Waals surface area contributed by atoms with Crippen LogP contribution in [-0.4, -0.2) is 55.4 Å². The Labute approximate surface area is 96.2 Å². The average Bonchev–Trinajstić information content (AvgIpc) is 2.16. The third kappa shape index (κ3) is 3.73. The molecule has 0 aromatic rings. The zero-order valence-corrected chi connectivity index (χ0v) is 10.9. The molecule has 0 saturated heterocycles. The molecule has 6 nitrogen and oxygen atoms in total. The fourth-order valence-electron chi connectivity index (χ4n) is 0.928. The van der Waals surface area contributed by atoms with E-state index in [4.69, 9.17) is 9.84 Å². The monoisotopic (exact) mass is 253 g/mol. The normalized spacial score (nSPS) is 13.1. The Hall–Kier alpha value is -0.660. The Kier molecular flexibility index (Phi) is 5.37. The highest BCUT2D eigenvalue weighted by molar-refractivity contribution is 7.89. The van der Waals surface area contributed by atoms with Gasteiger partial charge in [0, 0.05) is 13.7 Å². The lowest BCUT2D eigenvalue weighted by Crippen LogP contribution is -2.51. The topological polar surface area (TPSA) is 83.9 Å². The number of carboxylic acid groups (broad SMARTS) is 1. The van der Waals surface area contributed by atoms with Gasteiger partial charge in [-0.25, -0.2) is 8.42 Å². The minimum atomic E-state index is -3.61. The van der Waals surface area contributed by atoms with Crippen molar-refractivity contribution in [1.29, 1.82) is 0 Å². The van der Waals surface area contributed by atoms with E-state index in [0.717, 1.165) is 4.31 Å². The van der Waals surface area contributed by atoms with Gasteiger partial charge in [-0.1, -0.05) is 0 Å². The zero-order valence-electron chi connectivity index (χ0n) is 10.1. The molecule has 0 saturated carbocycles. The van der Waals surface area contributed by atoms with E-state index in [1.807, 2.05) is 0 Å². The standard InChI is InChI=1S/C9H19NO5S/c1-5-15-6-7-16(13,14)10(4)9(2,3)8(11)12/h5-7H2,1-4H3,(H,11,12). The molecule has 96 valence electrons. The SMILES string of the molecule is CCOCCS(=O)(=O)N(C)C(C)(C)C(=O)O. The largest absolute Gasteiger partial charge is 0.480 e. The van der Waals surface area contributed by atoms with Gasteiger partial charge in [-0.15, -0.1) is 0 Å². The molecular formula is C9H19NO5S. The molecule has 0 aliphatic heterocycles. The maximum absolute atomic E-state index is 11.7. The molecule has 0 aliphatic rings. The second-order valence-electron chi connectivity index (χ2n) is 3.84. The summed E-state index contributed by atoms with van der Waals surface area (Å²) in [7, 11) is -2.35. The molecule has 1 N–H and O–H groups in total. The van der Waals surface area contributed by atoms with E-state index in [-0.39, 0.29) is 12.4 Å². The summed E-state index contributed by atoms with van der Waals surface area (Å²) in [6.45, 7) is 4.94. The minimum Gasteiger partial charge on any atom is -0.480 e. The zero-order chi connectivity index (χ0) is 13.0. The van der Waals surface area contributed by atoms with Crippen LogP contribution >= 0.6 is 0 Å². The van der Waals surface area contributed by atoms with Crippen molar-refractivity contribution in [2.75, 3.05) is 26.0 Å². The number of ether oxygens (including phenoxy) is 1. The Morgan fingerprint density at radius 1 is 1.44 bits per heavy atom. The lowest BCUT2D eigenvalue weighted by atomic mass is 10.1. The van der Waals surface area contributed by atoms with Crippen molar-refractivity contribution in [2.45, 2.75) is 26.3 Å². The highest BCUT2D eigenvalue weighted by Crippen LogP contribution is 2.17. The summed E-state index contributed by atoms with van der Waals surface area (Å²) in [5, 5.41) is 8.91. The van der Waals surface area contributed by atoms with E-state index in [2.05, 4.69) is 0 Å². The number of aliphatic carboxylic acids is 1. The summed E-state index contributed by atoms with van der Waals surface area (Å²) in [5.41, 5.74) is -1.45. The second-order valence-corrected chi connectivity index (χ2v) is 5.96. The third-order valence-corrected chi connectivity index (χ3v) is 4.39. The summed E-state index contributed by atoms with van der Waals surface area (Å²) in [5.74, 6) is -1.40. The van der Waals surface area contributed by atoms with E-state index < -0.39 is 21.5 Å². The molecule has 0 rings (SSSR count). The number of nitrogens with zero attached hydrogens (tertiary/aromatic N) is 1. The Bertz CT molecular complexity index is 336. The van der Waals surface area contributed by atoms with E-state index in [0.29, 0.717) is 6.61 Å². The second kappa shape index (κ2) is 5.60. The maximum atomic E-state index is 11.7. The van der Waals surface area contributed by atoms with Crippen LogP contribution in [0.5, 0.6) is 0 Å². The Morgan fingerprint density at radius 3 is 2.31 bits per heavy atom. The molecule has 0 fully saturated rings. The van der Waals surface area contributed by atoms with Crippen molar-refractivity contribution in [2.24, 2.45) is 0 Å². The maximum Gasteiger partial charge on any atom is 0.324 e. The first-order valence-electron chi connectivity index (χ1n) is 4.94. The smallest absolute Gasteiger partial charge is 0.324 e. The van der Waals surface area contributed by atoms with Gasteiger partial charge in [0.25, 0.3) is 0 Å².